The van der Waals surface area contributed by atoms with Crippen LogP contribution in [0.1, 0.15) is 15.9 Å². The Hall–Kier alpha value is -1.44. The molecule has 6 nitrogen and oxygen atoms in total. The third-order valence-electron chi connectivity index (χ3n) is 4.60. The zero-order valence-corrected chi connectivity index (χ0v) is 13.3. The number of piperazine rings is 1. The van der Waals surface area contributed by atoms with Gasteiger partial charge in [-0.05, 0) is 24.7 Å². The van der Waals surface area contributed by atoms with E-state index in [1.807, 2.05) is 11.9 Å². The Labute approximate surface area is 130 Å². The minimum absolute atomic E-state index is 0.0441. The van der Waals surface area contributed by atoms with Crippen LogP contribution in [0.4, 0.5) is 0 Å². The van der Waals surface area contributed by atoms with Gasteiger partial charge in [-0.3, -0.25) is 9.69 Å². The van der Waals surface area contributed by atoms with Crippen LogP contribution in [0, 0.1) is 0 Å². The molecule has 0 unspecified atom stereocenters. The van der Waals surface area contributed by atoms with E-state index < -0.39 is 9.84 Å². The largest absolute Gasteiger partial charge is 0.392 e. The Kier molecular flexibility index (Phi) is 3.96. The highest BCUT2D eigenvalue weighted by Crippen LogP contribution is 2.27. The SMILES string of the molecule is CN1CCN(C(=O)c2ccc(CO)cc2)[C@H]2CS(=O)(=O)C[C@H]21. The molecule has 0 aliphatic carbocycles. The molecule has 3 rings (SSSR count). The zero-order chi connectivity index (χ0) is 15.9. The van der Waals surface area contributed by atoms with Crippen molar-refractivity contribution in [1.82, 2.24) is 9.80 Å². The van der Waals surface area contributed by atoms with E-state index in [1.54, 1.807) is 29.2 Å². The van der Waals surface area contributed by atoms with Gasteiger partial charge in [-0.25, -0.2) is 8.42 Å². The highest BCUT2D eigenvalue weighted by Gasteiger charge is 2.46. The normalized spacial score (nSPS) is 27.6. The fourth-order valence-corrected chi connectivity index (χ4v) is 5.35. The molecule has 22 heavy (non-hydrogen) atoms. The van der Waals surface area contributed by atoms with Crippen LogP contribution in [-0.2, 0) is 16.4 Å². The number of nitrogens with zero attached hydrogens (tertiary/aromatic N) is 2. The summed E-state index contributed by atoms with van der Waals surface area (Å²) >= 11 is 0. The van der Waals surface area contributed by atoms with Crippen molar-refractivity contribution in [2.45, 2.75) is 18.7 Å². The molecule has 1 aromatic carbocycles. The first-order chi connectivity index (χ1) is 10.4. The molecule has 2 aliphatic heterocycles. The predicted molar refractivity (Wildman–Crippen MR) is 82.3 cm³/mol. The quantitative estimate of drug-likeness (QED) is 0.810. The van der Waals surface area contributed by atoms with Gasteiger partial charge in [-0.15, -0.1) is 0 Å². The molecule has 7 heteroatoms. The van der Waals surface area contributed by atoms with Crippen molar-refractivity contribution in [3.8, 4) is 0 Å². The van der Waals surface area contributed by atoms with E-state index in [-0.39, 0.29) is 36.1 Å². The Morgan fingerprint density at radius 3 is 2.45 bits per heavy atom. The highest BCUT2D eigenvalue weighted by molar-refractivity contribution is 7.91. The number of aliphatic hydroxyl groups is 1. The number of aliphatic hydroxyl groups excluding tert-OH is 1. The number of sulfone groups is 1. The van der Waals surface area contributed by atoms with Crippen LogP contribution in [-0.4, -0.2) is 73.0 Å². The number of fused-ring (bicyclic) bond motifs is 1. The fourth-order valence-electron chi connectivity index (χ4n) is 3.30. The first-order valence-corrected chi connectivity index (χ1v) is 9.15. The molecule has 2 fully saturated rings. The summed E-state index contributed by atoms with van der Waals surface area (Å²) in [5.74, 6) is 0.0360. The van der Waals surface area contributed by atoms with Crippen molar-refractivity contribution >= 4 is 15.7 Å². The van der Waals surface area contributed by atoms with Crippen molar-refractivity contribution in [2.24, 2.45) is 0 Å². The van der Waals surface area contributed by atoms with Gasteiger partial charge < -0.3 is 10.0 Å². The molecule has 1 aromatic rings. The van der Waals surface area contributed by atoms with Crippen molar-refractivity contribution in [3.63, 3.8) is 0 Å². The van der Waals surface area contributed by atoms with Crippen LogP contribution in [0.15, 0.2) is 24.3 Å². The lowest BCUT2D eigenvalue weighted by atomic mass is 10.0. The van der Waals surface area contributed by atoms with Crippen LogP contribution in [0.25, 0.3) is 0 Å². The van der Waals surface area contributed by atoms with Gasteiger partial charge in [-0.2, -0.15) is 0 Å². The van der Waals surface area contributed by atoms with Crippen molar-refractivity contribution in [1.29, 1.82) is 0 Å². The maximum atomic E-state index is 12.7. The smallest absolute Gasteiger partial charge is 0.254 e. The summed E-state index contributed by atoms with van der Waals surface area (Å²) in [4.78, 5) is 16.4. The average Bonchev–Trinajstić information content (AvgIpc) is 2.83. The van der Waals surface area contributed by atoms with Gasteiger partial charge in [0.15, 0.2) is 9.84 Å². The van der Waals surface area contributed by atoms with E-state index in [9.17, 15) is 13.2 Å². The molecular formula is C15H20N2O4S. The molecule has 2 heterocycles. The van der Waals surface area contributed by atoms with Gasteiger partial charge in [0.05, 0.1) is 24.2 Å². The predicted octanol–water partition coefficient (Wildman–Crippen LogP) is -0.268. The van der Waals surface area contributed by atoms with Crippen LogP contribution < -0.4 is 0 Å². The second-order valence-corrected chi connectivity index (χ2v) is 8.20. The van der Waals surface area contributed by atoms with Gasteiger partial charge >= 0.3 is 0 Å². The monoisotopic (exact) mass is 324 g/mol. The number of rotatable bonds is 2. The Bertz CT molecular complexity index is 671. The lowest BCUT2D eigenvalue weighted by Gasteiger charge is -2.42. The van der Waals surface area contributed by atoms with Gasteiger partial charge in [0, 0.05) is 24.7 Å². The van der Waals surface area contributed by atoms with E-state index in [4.69, 9.17) is 5.11 Å². The van der Waals surface area contributed by atoms with E-state index in [2.05, 4.69) is 0 Å². The summed E-state index contributed by atoms with van der Waals surface area (Å²) in [6.07, 6.45) is 0. The molecule has 2 saturated heterocycles. The molecule has 0 radical (unpaired) electrons. The third kappa shape index (κ3) is 2.76. The first kappa shape index (κ1) is 15.5. The van der Waals surface area contributed by atoms with E-state index in [0.717, 1.165) is 5.56 Å². The minimum Gasteiger partial charge on any atom is -0.392 e. The number of hydrogen-bond acceptors (Lipinski definition) is 5. The maximum absolute atomic E-state index is 12.7. The highest BCUT2D eigenvalue weighted by atomic mass is 32.2. The Balaban J connectivity index is 1.85. The maximum Gasteiger partial charge on any atom is 0.254 e. The molecule has 0 saturated carbocycles. The van der Waals surface area contributed by atoms with Gasteiger partial charge in [0.2, 0.25) is 0 Å². The fraction of sp³-hybridized carbons (Fsp3) is 0.533. The average molecular weight is 324 g/mol. The minimum atomic E-state index is -3.09. The van der Waals surface area contributed by atoms with Gasteiger partial charge in [0.25, 0.3) is 5.91 Å². The molecule has 1 amide bonds. The van der Waals surface area contributed by atoms with Crippen LogP contribution in [0.2, 0.25) is 0 Å². The topological polar surface area (TPSA) is 77.9 Å². The van der Waals surface area contributed by atoms with E-state index in [1.165, 1.54) is 0 Å². The molecule has 120 valence electrons. The van der Waals surface area contributed by atoms with Gasteiger partial charge in [-0.1, -0.05) is 12.1 Å². The van der Waals surface area contributed by atoms with Crippen molar-refractivity contribution < 1.29 is 18.3 Å². The van der Waals surface area contributed by atoms with Crippen molar-refractivity contribution in [2.75, 3.05) is 31.6 Å². The summed E-state index contributed by atoms with van der Waals surface area (Å²) in [6, 6.07) is 6.42. The number of benzene rings is 1. The van der Waals surface area contributed by atoms with Crippen LogP contribution in [0.5, 0.6) is 0 Å². The first-order valence-electron chi connectivity index (χ1n) is 7.33. The van der Waals surface area contributed by atoms with Crippen LogP contribution >= 0.6 is 0 Å². The van der Waals surface area contributed by atoms with E-state index >= 15 is 0 Å². The second-order valence-electron chi connectivity index (χ2n) is 6.05. The third-order valence-corrected chi connectivity index (χ3v) is 6.30. The lowest BCUT2D eigenvalue weighted by Crippen LogP contribution is -2.59. The number of amides is 1. The second kappa shape index (κ2) is 5.64. The van der Waals surface area contributed by atoms with Gasteiger partial charge in [0.1, 0.15) is 0 Å². The van der Waals surface area contributed by atoms with Crippen molar-refractivity contribution in [3.05, 3.63) is 35.4 Å². The number of carbonyl (C=O) groups is 1. The molecule has 0 spiro atoms. The summed E-state index contributed by atoms with van der Waals surface area (Å²) < 4.78 is 23.9. The Morgan fingerprint density at radius 2 is 1.82 bits per heavy atom. The molecular weight excluding hydrogens is 304 g/mol. The summed E-state index contributed by atoms with van der Waals surface area (Å²) in [5.41, 5.74) is 1.28. The summed E-state index contributed by atoms with van der Waals surface area (Å²) in [6.45, 7) is 1.15. The Morgan fingerprint density at radius 1 is 1.18 bits per heavy atom. The standard InChI is InChI=1S/C15H20N2O4S/c1-16-6-7-17(14-10-22(20,21)9-13(14)16)15(19)12-4-2-11(8-18)3-5-12/h2-5,13-14,18H,6-10H2,1H3/t13-,14+/m1/s1. The molecule has 1 N–H and O–H groups in total. The zero-order valence-electron chi connectivity index (χ0n) is 12.5. The number of likely N-dealkylation sites (N-methyl/N-ethyl adjacent to an activating group) is 1. The summed E-state index contributed by atoms with van der Waals surface area (Å²) in [5, 5.41) is 9.06. The van der Waals surface area contributed by atoms with Crippen LogP contribution in [0.3, 0.4) is 0 Å². The lowest BCUT2D eigenvalue weighted by molar-refractivity contribution is 0.0410. The number of carbonyl (C=O) groups excluding carboxylic acids is 1. The van der Waals surface area contributed by atoms with E-state index in [0.29, 0.717) is 18.7 Å². The number of hydrogen-bond donors (Lipinski definition) is 1. The molecule has 0 aromatic heterocycles. The summed E-state index contributed by atoms with van der Waals surface area (Å²) in [7, 11) is -1.18. The molecule has 0 bridgehead atoms. The molecule has 2 aliphatic rings. The molecule has 2 atom stereocenters.